The van der Waals surface area contributed by atoms with E-state index in [-0.39, 0.29) is 16.2 Å². The lowest BCUT2D eigenvalue weighted by Crippen LogP contribution is -2.35. The molecule has 0 saturated carbocycles. The van der Waals surface area contributed by atoms with Gasteiger partial charge in [-0.2, -0.15) is 0 Å². The first-order chi connectivity index (χ1) is 10.3. The summed E-state index contributed by atoms with van der Waals surface area (Å²) in [6, 6.07) is 9.28. The first kappa shape index (κ1) is 15.2. The van der Waals surface area contributed by atoms with E-state index in [1.54, 1.807) is 11.8 Å². The van der Waals surface area contributed by atoms with E-state index >= 15 is 0 Å². The summed E-state index contributed by atoms with van der Waals surface area (Å²) < 4.78 is 23.0. The Labute approximate surface area is 133 Å². The molecule has 5 nitrogen and oxygen atoms in total. The Morgan fingerprint density at radius 1 is 1.36 bits per heavy atom. The number of carbonyl (C=O) groups is 1. The zero-order chi connectivity index (χ0) is 16.1. The number of fused-ring (bicyclic) bond motifs is 1. The summed E-state index contributed by atoms with van der Waals surface area (Å²) in [5, 5.41) is 5.15. The predicted octanol–water partition coefficient (Wildman–Crippen LogP) is 2.30. The summed E-state index contributed by atoms with van der Waals surface area (Å²) >= 11 is 0.934. The van der Waals surface area contributed by atoms with Crippen LogP contribution in [0, 0.1) is 6.92 Å². The van der Waals surface area contributed by atoms with E-state index in [9.17, 15) is 13.2 Å². The van der Waals surface area contributed by atoms with Crippen LogP contribution in [0.25, 0.3) is 0 Å². The Kier molecular flexibility index (Phi) is 3.58. The molecule has 1 aliphatic heterocycles. The van der Waals surface area contributed by atoms with E-state index in [1.807, 2.05) is 31.2 Å². The van der Waals surface area contributed by atoms with Crippen LogP contribution in [0.1, 0.15) is 27.7 Å². The topological polar surface area (TPSA) is 80.5 Å². The Morgan fingerprint density at radius 2 is 2.05 bits per heavy atom. The van der Waals surface area contributed by atoms with Crippen LogP contribution in [0.3, 0.4) is 0 Å². The number of primary sulfonamides is 1. The SMILES string of the molecule is Cc1cc(S(N)(=O)=O)sc1C(=O)N1c2ccccc2C[C@H]1C. The molecule has 116 valence electrons. The number of hydrogen-bond donors (Lipinski definition) is 1. The van der Waals surface area contributed by atoms with Gasteiger partial charge in [0.15, 0.2) is 0 Å². The summed E-state index contributed by atoms with van der Waals surface area (Å²) in [5.74, 6) is -0.171. The van der Waals surface area contributed by atoms with Gasteiger partial charge < -0.3 is 4.90 Å². The van der Waals surface area contributed by atoms with E-state index in [0.29, 0.717) is 10.4 Å². The molecule has 0 saturated heterocycles. The molecule has 1 aromatic carbocycles. The van der Waals surface area contributed by atoms with Crippen LogP contribution in [0.15, 0.2) is 34.5 Å². The minimum absolute atomic E-state index is 0.0217. The number of carbonyl (C=O) groups excluding carboxylic acids is 1. The fourth-order valence-electron chi connectivity index (χ4n) is 2.79. The second kappa shape index (κ2) is 5.19. The fourth-order valence-corrected chi connectivity index (χ4v) is 4.69. The van der Waals surface area contributed by atoms with Crippen molar-refractivity contribution in [2.75, 3.05) is 4.90 Å². The molecule has 0 radical (unpaired) electrons. The number of nitrogens with two attached hydrogens (primary N) is 1. The van der Waals surface area contributed by atoms with E-state index < -0.39 is 10.0 Å². The zero-order valence-corrected chi connectivity index (χ0v) is 13.9. The fraction of sp³-hybridized carbons (Fsp3) is 0.267. The number of sulfonamides is 1. The lowest BCUT2D eigenvalue weighted by atomic mass is 10.1. The van der Waals surface area contributed by atoms with Crippen molar-refractivity contribution in [1.82, 2.24) is 0 Å². The molecule has 2 heterocycles. The second-order valence-electron chi connectivity index (χ2n) is 5.48. The van der Waals surface area contributed by atoms with Crippen LogP contribution in [0.4, 0.5) is 5.69 Å². The smallest absolute Gasteiger partial charge is 0.268 e. The summed E-state index contributed by atoms with van der Waals surface area (Å²) in [4.78, 5) is 15.0. The highest BCUT2D eigenvalue weighted by Gasteiger charge is 2.33. The van der Waals surface area contributed by atoms with Gasteiger partial charge in [-0.15, -0.1) is 11.3 Å². The number of benzene rings is 1. The number of para-hydroxylation sites is 1. The highest BCUT2D eigenvalue weighted by Crippen LogP contribution is 2.35. The van der Waals surface area contributed by atoms with Gasteiger partial charge in [0.2, 0.25) is 10.0 Å². The number of anilines is 1. The molecule has 0 bridgehead atoms. The molecule has 1 atom stereocenters. The minimum atomic E-state index is -3.79. The first-order valence-electron chi connectivity index (χ1n) is 6.83. The summed E-state index contributed by atoms with van der Waals surface area (Å²) in [5.41, 5.74) is 2.66. The minimum Gasteiger partial charge on any atom is -0.304 e. The largest absolute Gasteiger partial charge is 0.304 e. The average molecular weight is 336 g/mol. The second-order valence-corrected chi connectivity index (χ2v) is 8.32. The van der Waals surface area contributed by atoms with E-state index in [0.717, 1.165) is 29.0 Å². The van der Waals surface area contributed by atoms with E-state index in [2.05, 4.69) is 0 Å². The molecule has 0 fully saturated rings. The van der Waals surface area contributed by atoms with Crippen LogP contribution in [0.5, 0.6) is 0 Å². The normalized spacial score (nSPS) is 17.6. The van der Waals surface area contributed by atoms with Crippen LogP contribution >= 0.6 is 11.3 Å². The van der Waals surface area contributed by atoms with Crippen molar-refractivity contribution in [1.29, 1.82) is 0 Å². The molecule has 0 unspecified atom stereocenters. The van der Waals surface area contributed by atoms with Crippen LogP contribution in [0.2, 0.25) is 0 Å². The van der Waals surface area contributed by atoms with Crippen molar-refractivity contribution in [3.05, 3.63) is 46.3 Å². The number of thiophene rings is 1. The van der Waals surface area contributed by atoms with Gasteiger partial charge in [0, 0.05) is 11.7 Å². The zero-order valence-electron chi connectivity index (χ0n) is 12.2. The number of aryl methyl sites for hydroxylation is 1. The molecule has 22 heavy (non-hydrogen) atoms. The molecule has 2 N–H and O–H groups in total. The standard InChI is InChI=1S/C15H16N2O3S2/c1-9-7-13(22(16,19)20)21-14(9)15(18)17-10(2)8-11-5-3-4-6-12(11)17/h3-7,10H,8H2,1-2H3,(H2,16,19,20)/t10-/m1/s1. The van der Waals surface area contributed by atoms with Gasteiger partial charge in [0.25, 0.3) is 5.91 Å². The molecule has 1 amide bonds. The third kappa shape index (κ3) is 2.45. The Hall–Kier alpha value is -1.70. The number of nitrogens with zero attached hydrogens (tertiary/aromatic N) is 1. The first-order valence-corrected chi connectivity index (χ1v) is 9.20. The van der Waals surface area contributed by atoms with Gasteiger partial charge >= 0.3 is 0 Å². The maximum Gasteiger partial charge on any atom is 0.268 e. The Morgan fingerprint density at radius 3 is 2.68 bits per heavy atom. The summed E-state index contributed by atoms with van der Waals surface area (Å²) in [6.07, 6.45) is 0.800. The van der Waals surface area contributed by atoms with Crippen molar-refractivity contribution >= 4 is 33.0 Å². The molecular formula is C15H16N2O3S2. The maximum atomic E-state index is 12.9. The summed E-state index contributed by atoms with van der Waals surface area (Å²) in [6.45, 7) is 3.71. The number of hydrogen-bond acceptors (Lipinski definition) is 4. The monoisotopic (exact) mass is 336 g/mol. The quantitative estimate of drug-likeness (QED) is 0.913. The van der Waals surface area contributed by atoms with Crippen LogP contribution < -0.4 is 10.0 Å². The molecule has 2 aromatic rings. The molecule has 3 rings (SSSR count). The van der Waals surface area contributed by atoms with Crippen molar-refractivity contribution in [2.45, 2.75) is 30.5 Å². The third-order valence-corrected chi connectivity index (χ3v) is 6.44. The van der Waals surface area contributed by atoms with E-state index in [1.165, 1.54) is 6.07 Å². The van der Waals surface area contributed by atoms with Gasteiger partial charge in [-0.1, -0.05) is 18.2 Å². The van der Waals surface area contributed by atoms with Gasteiger partial charge in [-0.05, 0) is 43.5 Å². The average Bonchev–Trinajstić information content (AvgIpc) is 2.97. The Balaban J connectivity index is 2.04. The highest BCUT2D eigenvalue weighted by atomic mass is 32.2. The molecule has 7 heteroatoms. The lowest BCUT2D eigenvalue weighted by molar-refractivity contribution is 0.0985. The van der Waals surface area contributed by atoms with Gasteiger partial charge in [-0.3, -0.25) is 4.79 Å². The van der Waals surface area contributed by atoms with Crippen LogP contribution in [-0.4, -0.2) is 20.4 Å². The molecule has 1 aliphatic rings. The maximum absolute atomic E-state index is 12.9. The van der Waals surface area contributed by atoms with Crippen molar-refractivity contribution in [3.63, 3.8) is 0 Å². The van der Waals surface area contributed by atoms with Gasteiger partial charge in [0.05, 0.1) is 4.88 Å². The van der Waals surface area contributed by atoms with Gasteiger partial charge in [0.1, 0.15) is 4.21 Å². The number of rotatable bonds is 2. The summed E-state index contributed by atoms with van der Waals surface area (Å²) in [7, 11) is -3.79. The molecular weight excluding hydrogens is 320 g/mol. The predicted molar refractivity (Wildman–Crippen MR) is 86.8 cm³/mol. The van der Waals surface area contributed by atoms with Crippen LogP contribution in [-0.2, 0) is 16.4 Å². The van der Waals surface area contributed by atoms with Crippen molar-refractivity contribution < 1.29 is 13.2 Å². The lowest BCUT2D eigenvalue weighted by Gasteiger charge is -2.22. The molecule has 0 spiro atoms. The van der Waals surface area contributed by atoms with Crippen molar-refractivity contribution in [3.8, 4) is 0 Å². The molecule has 1 aromatic heterocycles. The highest BCUT2D eigenvalue weighted by molar-refractivity contribution is 7.91. The molecule has 0 aliphatic carbocycles. The number of amides is 1. The third-order valence-electron chi connectivity index (χ3n) is 3.80. The van der Waals surface area contributed by atoms with Gasteiger partial charge in [-0.25, -0.2) is 13.6 Å². The van der Waals surface area contributed by atoms with Crippen molar-refractivity contribution in [2.24, 2.45) is 5.14 Å². The Bertz CT molecular complexity index is 855. The van der Waals surface area contributed by atoms with E-state index in [4.69, 9.17) is 5.14 Å².